The third-order valence-electron chi connectivity index (χ3n) is 2.68. The van der Waals surface area contributed by atoms with E-state index in [9.17, 15) is 9.90 Å². The fraction of sp³-hybridized carbons (Fsp3) is 0.462. The molecule has 0 saturated carbocycles. The van der Waals surface area contributed by atoms with Crippen LogP contribution in [0.4, 0.5) is 0 Å². The zero-order valence-electron chi connectivity index (χ0n) is 9.72. The molecule has 0 aromatic heterocycles. The van der Waals surface area contributed by atoms with E-state index >= 15 is 0 Å². The average Bonchev–Trinajstić information content (AvgIpc) is 2.36. The Labute approximate surface area is 96.1 Å². The van der Waals surface area contributed by atoms with Gasteiger partial charge in [0.2, 0.25) is 0 Å². The molecular formula is C13H18O3. The number of carbonyl (C=O) groups excluding carboxylic acids is 1. The van der Waals surface area contributed by atoms with Crippen molar-refractivity contribution in [1.29, 1.82) is 0 Å². The molecule has 1 unspecified atom stereocenters. The summed E-state index contributed by atoms with van der Waals surface area (Å²) in [7, 11) is 0. The number of rotatable bonds is 6. The standard InChI is InChI=1S/C13H18O3/c1-3-12(15)13(2,10-14)16-9-11-7-5-4-6-8-11/h4-8,10,12,15H,3,9H2,1-2H3/t12-,13?/m1/s1. The van der Waals surface area contributed by atoms with Gasteiger partial charge in [0, 0.05) is 0 Å². The maximum absolute atomic E-state index is 11.0. The molecule has 0 radical (unpaired) electrons. The highest BCUT2D eigenvalue weighted by atomic mass is 16.5. The van der Waals surface area contributed by atoms with Gasteiger partial charge in [-0.3, -0.25) is 0 Å². The van der Waals surface area contributed by atoms with E-state index in [-0.39, 0.29) is 0 Å². The van der Waals surface area contributed by atoms with Gasteiger partial charge >= 0.3 is 0 Å². The third kappa shape index (κ3) is 3.15. The molecule has 1 N–H and O–H groups in total. The number of aldehydes is 1. The second-order valence-corrected chi connectivity index (χ2v) is 4.00. The lowest BCUT2D eigenvalue weighted by Crippen LogP contribution is -2.43. The van der Waals surface area contributed by atoms with Crippen LogP contribution in [0.5, 0.6) is 0 Å². The first-order valence-corrected chi connectivity index (χ1v) is 5.44. The highest BCUT2D eigenvalue weighted by Gasteiger charge is 2.32. The van der Waals surface area contributed by atoms with Crippen LogP contribution >= 0.6 is 0 Å². The van der Waals surface area contributed by atoms with Crippen LogP contribution in [0, 0.1) is 0 Å². The van der Waals surface area contributed by atoms with Gasteiger partial charge in [0.25, 0.3) is 0 Å². The Morgan fingerprint density at radius 2 is 2.06 bits per heavy atom. The molecule has 0 heterocycles. The van der Waals surface area contributed by atoms with Crippen LogP contribution in [0.2, 0.25) is 0 Å². The number of carbonyl (C=O) groups is 1. The van der Waals surface area contributed by atoms with Gasteiger partial charge in [-0.05, 0) is 18.9 Å². The smallest absolute Gasteiger partial charge is 0.154 e. The molecular weight excluding hydrogens is 204 g/mol. The van der Waals surface area contributed by atoms with Crippen molar-refractivity contribution in [1.82, 2.24) is 0 Å². The first-order valence-electron chi connectivity index (χ1n) is 5.44. The zero-order valence-corrected chi connectivity index (χ0v) is 9.72. The summed E-state index contributed by atoms with van der Waals surface area (Å²) >= 11 is 0. The second kappa shape index (κ2) is 5.77. The van der Waals surface area contributed by atoms with Gasteiger partial charge in [-0.25, -0.2) is 0 Å². The van der Waals surface area contributed by atoms with Crippen LogP contribution in [0.3, 0.4) is 0 Å². The molecule has 88 valence electrons. The number of hydrogen-bond donors (Lipinski definition) is 1. The molecule has 0 aliphatic carbocycles. The number of hydrogen-bond acceptors (Lipinski definition) is 3. The van der Waals surface area contributed by atoms with Crippen LogP contribution in [0.1, 0.15) is 25.8 Å². The summed E-state index contributed by atoms with van der Waals surface area (Å²) in [6.07, 6.45) is 0.391. The summed E-state index contributed by atoms with van der Waals surface area (Å²) in [6, 6.07) is 9.58. The molecule has 0 spiro atoms. The zero-order chi connectivity index (χ0) is 12.0. The van der Waals surface area contributed by atoms with Crippen LogP contribution in [0.25, 0.3) is 0 Å². The molecule has 16 heavy (non-hydrogen) atoms. The van der Waals surface area contributed by atoms with Gasteiger partial charge < -0.3 is 14.6 Å². The Morgan fingerprint density at radius 3 is 2.56 bits per heavy atom. The molecule has 0 aliphatic rings. The van der Waals surface area contributed by atoms with E-state index in [0.717, 1.165) is 5.56 Å². The Hall–Kier alpha value is -1.19. The van der Waals surface area contributed by atoms with E-state index in [1.807, 2.05) is 37.3 Å². The Bertz CT molecular complexity index is 323. The maximum atomic E-state index is 11.0. The average molecular weight is 222 g/mol. The minimum absolute atomic E-state index is 0.327. The molecule has 3 heteroatoms. The van der Waals surface area contributed by atoms with Crippen molar-refractivity contribution in [3.05, 3.63) is 35.9 Å². The van der Waals surface area contributed by atoms with Crippen LogP contribution in [-0.4, -0.2) is 23.1 Å². The highest BCUT2D eigenvalue weighted by molar-refractivity contribution is 5.62. The van der Waals surface area contributed by atoms with Crippen molar-refractivity contribution in [2.45, 2.75) is 38.6 Å². The van der Waals surface area contributed by atoms with Crippen molar-refractivity contribution < 1.29 is 14.6 Å². The first kappa shape index (κ1) is 12.9. The highest BCUT2D eigenvalue weighted by Crippen LogP contribution is 2.18. The van der Waals surface area contributed by atoms with Crippen LogP contribution in [-0.2, 0) is 16.1 Å². The van der Waals surface area contributed by atoms with Gasteiger partial charge in [0.05, 0.1) is 12.7 Å². The monoisotopic (exact) mass is 222 g/mol. The molecule has 0 bridgehead atoms. The van der Waals surface area contributed by atoms with Crippen molar-refractivity contribution in [3.63, 3.8) is 0 Å². The van der Waals surface area contributed by atoms with Gasteiger partial charge in [-0.15, -0.1) is 0 Å². The molecule has 0 fully saturated rings. The Morgan fingerprint density at radius 1 is 1.44 bits per heavy atom. The lowest BCUT2D eigenvalue weighted by atomic mass is 9.98. The van der Waals surface area contributed by atoms with E-state index in [1.54, 1.807) is 6.92 Å². The quantitative estimate of drug-likeness (QED) is 0.748. The molecule has 1 aromatic rings. The van der Waals surface area contributed by atoms with Gasteiger partial charge in [-0.1, -0.05) is 37.3 Å². The van der Waals surface area contributed by atoms with E-state index < -0.39 is 11.7 Å². The molecule has 2 atom stereocenters. The van der Waals surface area contributed by atoms with E-state index in [1.165, 1.54) is 0 Å². The minimum atomic E-state index is -1.12. The van der Waals surface area contributed by atoms with E-state index in [4.69, 9.17) is 4.74 Å². The fourth-order valence-corrected chi connectivity index (χ4v) is 1.43. The van der Waals surface area contributed by atoms with Gasteiger partial charge in [-0.2, -0.15) is 0 Å². The molecule has 0 aliphatic heterocycles. The summed E-state index contributed by atoms with van der Waals surface area (Å²) in [4.78, 5) is 11.0. The molecule has 3 nitrogen and oxygen atoms in total. The van der Waals surface area contributed by atoms with Crippen molar-refractivity contribution in [2.75, 3.05) is 0 Å². The Kier molecular flexibility index (Phi) is 4.65. The summed E-state index contributed by atoms with van der Waals surface area (Å²) in [5, 5.41) is 9.70. The minimum Gasteiger partial charge on any atom is -0.390 e. The summed E-state index contributed by atoms with van der Waals surface area (Å²) in [5.74, 6) is 0. The molecule has 0 amide bonds. The molecule has 0 saturated heterocycles. The number of aliphatic hydroxyl groups excluding tert-OH is 1. The SMILES string of the molecule is CC[C@@H](O)C(C)(C=O)OCc1ccccc1. The van der Waals surface area contributed by atoms with Crippen molar-refractivity contribution in [2.24, 2.45) is 0 Å². The topological polar surface area (TPSA) is 46.5 Å². The second-order valence-electron chi connectivity index (χ2n) is 4.00. The molecule has 1 rings (SSSR count). The largest absolute Gasteiger partial charge is 0.390 e. The fourth-order valence-electron chi connectivity index (χ4n) is 1.43. The maximum Gasteiger partial charge on any atom is 0.154 e. The molecule has 1 aromatic carbocycles. The van der Waals surface area contributed by atoms with Crippen molar-refractivity contribution >= 4 is 6.29 Å². The lowest BCUT2D eigenvalue weighted by molar-refractivity contribution is -0.149. The van der Waals surface area contributed by atoms with E-state index in [0.29, 0.717) is 19.3 Å². The first-order chi connectivity index (χ1) is 7.62. The normalized spacial score (nSPS) is 16.4. The summed E-state index contributed by atoms with van der Waals surface area (Å²) in [6.45, 7) is 3.75. The van der Waals surface area contributed by atoms with Gasteiger partial charge in [0.1, 0.15) is 5.60 Å². The third-order valence-corrected chi connectivity index (χ3v) is 2.68. The lowest BCUT2D eigenvalue weighted by Gasteiger charge is -2.28. The van der Waals surface area contributed by atoms with Crippen LogP contribution < -0.4 is 0 Å². The predicted octanol–water partition coefficient (Wildman–Crippen LogP) is 1.93. The summed E-state index contributed by atoms with van der Waals surface area (Å²) in [5.41, 5.74) is -0.135. The van der Waals surface area contributed by atoms with Gasteiger partial charge in [0.15, 0.2) is 6.29 Å². The number of aliphatic hydroxyl groups is 1. The Balaban J connectivity index is 2.61. The number of benzene rings is 1. The number of ether oxygens (including phenoxy) is 1. The predicted molar refractivity (Wildman–Crippen MR) is 62.0 cm³/mol. The summed E-state index contributed by atoms with van der Waals surface area (Å²) < 4.78 is 5.50. The van der Waals surface area contributed by atoms with E-state index in [2.05, 4.69) is 0 Å². The van der Waals surface area contributed by atoms with Crippen molar-refractivity contribution in [3.8, 4) is 0 Å². The van der Waals surface area contributed by atoms with Crippen LogP contribution in [0.15, 0.2) is 30.3 Å².